The number of aryl methyl sites for hydroxylation is 1. The minimum atomic E-state index is -4.35. The zero-order chi connectivity index (χ0) is 16.8. The first kappa shape index (κ1) is 15.9. The van der Waals surface area contributed by atoms with Gasteiger partial charge in [0.15, 0.2) is 0 Å². The summed E-state index contributed by atoms with van der Waals surface area (Å²) in [7, 11) is 1.57. The zero-order valence-corrected chi connectivity index (χ0v) is 14.0. The van der Waals surface area contributed by atoms with Crippen LogP contribution in [0.15, 0.2) is 47.1 Å². The van der Waals surface area contributed by atoms with E-state index in [-0.39, 0.29) is 0 Å². The van der Waals surface area contributed by atoms with Gasteiger partial charge in [0.05, 0.1) is 23.9 Å². The fourth-order valence-corrected chi connectivity index (χ4v) is 3.05. The number of benzene rings is 2. The highest BCUT2D eigenvalue weighted by Gasteiger charge is 2.30. The SMILES string of the molecule is COc1cc(Br)cc(-n2cc(C)c3cc(C(F)(F)F)ccc32)c1. The Hall–Kier alpha value is -1.95. The predicted molar refractivity (Wildman–Crippen MR) is 87.3 cm³/mol. The van der Waals surface area contributed by atoms with Crippen molar-refractivity contribution in [1.82, 2.24) is 4.57 Å². The summed E-state index contributed by atoms with van der Waals surface area (Å²) < 4.78 is 46.6. The number of aromatic nitrogens is 1. The highest BCUT2D eigenvalue weighted by Crippen LogP contribution is 2.34. The van der Waals surface area contributed by atoms with Crippen molar-refractivity contribution in [2.45, 2.75) is 13.1 Å². The van der Waals surface area contributed by atoms with Crippen LogP contribution >= 0.6 is 15.9 Å². The van der Waals surface area contributed by atoms with Crippen LogP contribution in [0.3, 0.4) is 0 Å². The Morgan fingerprint density at radius 3 is 2.48 bits per heavy atom. The van der Waals surface area contributed by atoms with Gasteiger partial charge in [0, 0.05) is 22.1 Å². The largest absolute Gasteiger partial charge is 0.497 e. The number of ether oxygens (including phenoxy) is 1. The lowest BCUT2D eigenvalue weighted by atomic mass is 10.1. The molecule has 0 radical (unpaired) electrons. The molecular formula is C17H13BrF3NO. The summed E-state index contributed by atoms with van der Waals surface area (Å²) in [6.45, 7) is 1.80. The summed E-state index contributed by atoms with van der Waals surface area (Å²) in [5.41, 5.74) is 1.67. The van der Waals surface area contributed by atoms with Crippen molar-refractivity contribution in [3.05, 3.63) is 58.2 Å². The van der Waals surface area contributed by atoms with Gasteiger partial charge in [-0.15, -0.1) is 0 Å². The third-order valence-electron chi connectivity index (χ3n) is 3.70. The number of methoxy groups -OCH3 is 1. The maximum Gasteiger partial charge on any atom is 0.416 e. The summed E-state index contributed by atoms with van der Waals surface area (Å²) in [4.78, 5) is 0. The van der Waals surface area contributed by atoms with Crippen molar-refractivity contribution in [3.8, 4) is 11.4 Å². The van der Waals surface area contributed by atoms with Crippen LogP contribution < -0.4 is 4.74 Å². The van der Waals surface area contributed by atoms with Gasteiger partial charge in [-0.1, -0.05) is 15.9 Å². The van der Waals surface area contributed by atoms with Crippen molar-refractivity contribution in [2.24, 2.45) is 0 Å². The molecule has 0 aliphatic heterocycles. The van der Waals surface area contributed by atoms with E-state index >= 15 is 0 Å². The van der Waals surface area contributed by atoms with Crippen LogP contribution in [0.4, 0.5) is 13.2 Å². The minimum Gasteiger partial charge on any atom is -0.497 e. The van der Waals surface area contributed by atoms with E-state index in [0.29, 0.717) is 11.1 Å². The van der Waals surface area contributed by atoms with Gasteiger partial charge in [0.1, 0.15) is 5.75 Å². The Morgan fingerprint density at radius 2 is 1.83 bits per heavy atom. The topological polar surface area (TPSA) is 14.2 Å². The van der Waals surface area contributed by atoms with Gasteiger partial charge >= 0.3 is 6.18 Å². The maximum atomic E-state index is 12.9. The maximum absolute atomic E-state index is 12.9. The monoisotopic (exact) mass is 383 g/mol. The minimum absolute atomic E-state index is 0.582. The molecule has 0 fully saturated rings. The summed E-state index contributed by atoms with van der Waals surface area (Å²) >= 11 is 3.42. The normalized spacial score (nSPS) is 11.9. The Labute approximate surface area is 139 Å². The molecule has 1 heterocycles. The molecule has 0 aliphatic rings. The van der Waals surface area contributed by atoms with Crippen molar-refractivity contribution < 1.29 is 17.9 Å². The average Bonchev–Trinajstić information content (AvgIpc) is 2.82. The molecule has 0 N–H and O–H groups in total. The molecule has 0 spiro atoms. The molecule has 0 atom stereocenters. The lowest BCUT2D eigenvalue weighted by Crippen LogP contribution is -2.04. The van der Waals surface area contributed by atoms with Crippen LogP contribution in [0.5, 0.6) is 5.75 Å². The number of hydrogen-bond acceptors (Lipinski definition) is 1. The molecule has 2 aromatic carbocycles. The van der Waals surface area contributed by atoms with Gasteiger partial charge in [-0.05, 0) is 42.8 Å². The molecule has 3 aromatic rings. The van der Waals surface area contributed by atoms with Crippen molar-refractivity contribution in [1.29, 1.82) is 0 Å². The summed E-state index contributed by atoms with van der Waals surface area (Å²) in [5, 5.41) is 0.582. The Bertz CT molecular complexity index is 883. The van der Waals surface area contributed by atoms with Crippen LogP contribution in [-0.2, 0) is 6.18 Å². The quantitative estimate of drug-likeness (QED) is 0.551. The summed E-state index contributed by atoms with van der Waals surface area (Å²) in [6, 6.07) is 9.34. The van der Waals surface area contributed by atoms with Crippen molar-refractivity contribution in [2.75, 3.05) is 7.11 Å². The molecule has 2 nitrogen and oxygen atoms in total. The van der Waals surface area contributed by atoms with E-state index in [0.717, 1.165) is 27.3 Å². The number of nitrogens with zero attached hydrogens (tertiary/aromatic N) is 1. The second kappa shape index (κ2) is 5.60. The predicted octanol–water partition coefficient (Wildman–Crippen LogP) is 5.73. The van der Waals surface area contributed by atoms with Gasteiger partial charge in [0.2, 0.25) is 0 Å². The standard InChI is InChI=1S/C17H13BrF3NO/c1-10-9-22(13-6-12(18)7-14(8-13)23-2)16-4-3-11(5-15(10)16)17(19,20)21/h3-9H,1-2H3. The smallest absolute Gasteiger partial charge is 0.416 e. The fraction of sp³-hybridized carbons (Fsp3) is 0.176. The Kier molecular flexibility index (Phi) is 3.88. The molecule has 23 heavy (non-hydrogen) atoms. The first-order valence-corrected chi connectivity index (χ1v) is 7.63. The number of alkyl halides is 3. The molecule has 0 saturated carbocycles. The van der Waals surface area contributed by atoms with Crippen LogP contribution in [0.25, 0.3) is 16.6 Å². The van der Waals surface area contributed by atoms with E-state index in [1.807, 2.05) is 29.0 Å². The average molecular weight is 384 g/mol. The van der Waals surface area contributed by atoms with Gasteiger partial charge in [-0.25, -0.2) is 0 Å². The van der Waals surface area contributed by atoms with E-state index in [2.05, 4.69) is 15.9 Å². The molecule has 6 heteroatoms. The first-order chi connectivity index (χ1) is 10.8. The van der Waals surface area contributed by atoms with Gasteiger partial charge in [0.25, 0.3) is 0 Å². The zero-order valence-electron chi connectivity index (χ0n) is 12.4. The Balaban J connectivity index is 2.22. The van der Waals surface area contributed by atoms with Gasteiger partial charge in [-0.2, -0.15) is 13.2 Å². The molecule has 0 amide bonds. The molecule has 0 bridgehead atoms. The lowest BCUT2D eigenvalue weighted by Gasteiger charge is -2.10. The number of halogens is 4. The number of rotatable bonds is 2. The Morgan fingerprint density at radius 1 is 1.09 bits per heavy atom. The van der Waals surface area contributed by atoms with Crippen molar-refractivity contribution in [3.63, 3.8) is 0 Å². The third kappa shape index (κ3) is 2.95. The fourth-order valence-electron chi connectivity index (χ4n) is 2.59. The van der Waals surface area contributed by atoms with Crippen LogP contribution in [0, 0.1) is 6.92 Å². The van der Waals surface area contributed by atoms with Crippen molar-refractivity contribution >= 4 is 26.8 Å². The van der Waals surface area contributed by atoms with E-state index in [9.17, 15) is 13.2 Å². The molecule has 0 unspecified atom stereocenters. The highest BCUT2D eigenvalue weighted by molar-refractivity contribution is 9.10. The third-order valence-corrected chi connectivity index (χ3v) is 4.16. The number of fused-ring (bicyclic) bond motifs is 1. The summed E-state index contributed by atoms with van der Waals surface area (Å²) in [5.74, 6) is 0.667. The van der Waals surface area contributed by atoms with E-state index in [4.69, 9.17) is 4.74 Å². The molecule has 1 aromatic heterocycles. The first-order valence-electron chi connectivity index (χ1n) is 6.83. The van der Waals surface area contributed by atoms with E-state index in [1.54, 1.807) is 14.0 Å². The van der Waals surface area contributed by atoms with E-state index < -0.39 is 11.7 Å². The number of hydrogen-bond donors (Lipinski definition) is 0. The second-order valence-corrected chi connectivity index (χ2v) is 6.18. The van der Waals surface area contributed by atoms with E-state index in [1.165, 1.54) is 12.1 Å². The molecule has 0 saturated heterocycles. The van der Waals surface area contributed by atoms with Crippen LogP contribution in [-0.4, -0.2) is 11.7 Å². The molecule has 120 valence electrons. The van der Waals surface area contributed by atoms with Gasteiger partial charge < -0.3 is 9.30 Å². The van der Waals surface area contributed by atoms with Crippen LogP contribution in [0.1, 0.15) is 11.1 Å². The highest BCUT2D eigenvalue weighted by atomic mass is 79.9. The second-order valence-electron chi connectivity index (χ2n) is 5.26. The molecular weight excluding hydrogens is 371 g/mol. The van der Waals surface area contributed by atoms with Gasteiger partial charge in [-0.3, -0.25) is 0 Å². The van der Waals surface area contributed by atoms with Crippen LogP contribution in [0.2, 0.25) is 0 Å². The molecule has 3 rings (SSSR count). The molecule has 0 aliphatic carbocycles. The lowest BCUT2D eigenvalue weighted by molar-refractivity contribution is -0.137. The summed E-state index contributed by atoms with van der Waals surface area (Å²) in [6.07, 6.45) is -2.52.